The highest BCUT2D eigenvalue weighted by atomic mass is 35.5. The number of hydrogen-bond donors (Lipinski definition) is 1. The summed E-state index contributed by atoms with van der Waals surface area (Å²) in [4.78, 5) is 13.8. The molecule has 1 N–H and O–H groups in total. The van der Waals surface area contributed by atoms with Crippen LogP contribution in [0.15, 0.2) is 0 Å². The van der Waals surface area contributed by atoms with Crippen molar-refractivity contribution in [3.05, 3.63) is 0 Å². The highest BCUT2D eigenvalue weighted by Crippen LogP contribution is 2.15. The number of halogens is 1. The van der Waals surface area contributed by atoms with Crippen LogP contribution < -0.4 is 5.32 Å². The van der Waals surface area contributed by atoms with Crippen LogP contribution >= 0.6 is 12.4 Å². The van der Waals surface area contributed by atoms with Crippen molar-refractivity contribution >= 4 is 29.1 Å². The van der Waals surface area contributed by atoms with Crippen LogP contribution in [0.3, 0.4) is 0 Å². The van der Waals surface area contributed by atoms with Crippen molar-refractivity contribution in [1.82, 2.24) is 10.2 Å². The number of carbonyl (C=O) groups excluding carboxylic acids is 1. The molecule has 0 aromatic rings. The van der Waals surface area contributed by atoms with Gasteiger partial charge in [-0.05, 0) is 6.92 Å². The van der Waals surface area contributed by atoms with Gasteiger partial charge in [0.05, 0.1) is 5.92 Å². The van der Waals surface area contributed by atoms with E-state index in [2.05, 4.69) is 5.32 Å². The number of hydrogen-bond acceptors (Lipinski definition) is 3. The third kappa shape index (κ3) is 2.71. The fourth-order valence-corrected chi connectivity index (χ4v) is 3.17. The average Bonchev–Trinajstić information content (AvgIpc) is 2.00. The third-order valence-corrected chi connectivity index (χ3v) is 4.42. The Kier molecular flexibility index (Phi) is 4.55. The normalized spacial score (nSPS) is 31.7. The maximum atomic E-state index is 11.9. The molecule has 2 saturated heterocycles. The lowest BCUT2D eigenvalue weighted by Crippen LogP contribution is -2.57. The number of carbonyl (C=O) groups is 1. The first kappa shape index (κ1) is 12.9. The van der Waals surface area contributed by atoms with E-state index in [4.69, 9.17) is 0 Å². The molecule has 2 aliphatic heterocycles. The molecule has 0 saturated carbocycles. The van der Waals surface area contributed by atoms with Gasteiger partial charge in [0.15, 0.2) is 0 Å². The van der Waals surface area contributed by atoms with E-state index in [1.54, 1.807) is 0 Å². The Bertz CT molecular complexity index is 271. The van der Waals surface area contributed by atoms with E-state index in [-0.39, 0.29) is 30.3 Å². The van der Waals surface area contributed by atoms with E-state index in [1.165, 1.54) is 0 Å². The average molecular weight is 253 g/mol. The fourth-order valence-electron chi connectivity index (χ4n) is 1.89. The molecule has 6 heteroatoms. The predicted molar refractivity (Wildman–Crippen MR) is 62.7 cm³/mol. The van der Waals surface area contributed by atoms with Crippen molar-refractivity contribution in [2.75, 3.05) is 31.1 Å². The highest BCUT2D eigenvalue weighted by Gasteiger charge is 2.33. The lowest BCUT2D eigenvalue weighted by Gasteiger charge is -2.38. The molecule has 2 rings (SSSR count). The first-order valence-corrected chi connectivity index (χ1v) is 6.53. The van der Waals surface area contributed by atoms with Gasteiger partial charge in [-0.25, -0.2) is 0 Å². The minimum absolute atomic E-state index is 0. The largest absolute Gasteiger partial charge is 0.338 e. The second-order valence-corrected chi connectivity index (χ2v) is 5.67. The molecular formula is C9H17ClN2O2S. The Labute approximate surface area is 98.6 Å². The van der Waals surface area contributed by atoms with E-state index in [1.807, 2.05) is 11.8 Å². The summed E-state index contributed by atoms with van der Waals surface area (Å²) >= 11 is 0. The number of nitrogens with one attached hydrogen (secondary N) is 1. The van der Waals surface area contributed by atoms with Gasteiger partial charge >= 0.3 is 0 Å². The van der Waals surface area contributed by atoms with Crippen LogP contribution in [0.25, 0.3) is 0 Å². The molecule has 4 nitrogen and oxygen atoms in total. The lowest BCUT2D eigenvalue weighted by atomic mass is 10.0. The van der Waals surface area contributed by atoms with E-state index in [0.717, 1.165) is 13.1 Å². The zero-order chi connectivity index (χ0) is 10.1. The van der Waals surface area contributed by atoms with E-state index < -0.39 is 10.8 Å². The minimum Gasteiger partial charge on any atom is -0.338 e. The number of amides is 1. The van der Waals surface area contributed by atoms with Gasteiger partial charge in [0.1, 0.15) is 0 Å². The molecule has 0 aromatic carbocycles. The van der Waals surface area contributed by atoms with Crippen LogP contribution in [0.5, 0.6) is 0 Å². The van der Waals surface area contributed by atoms with Crippen LogP contribution in [-0.2, 0) is 15.6 Å². The van der Waals surface area contributed by atoms with Crippen molar-refractivity contribution in [2.24, 2.45) is 5.92 Å². The van der Waals surface area contributed by atoms with Gasteiger partial charge in [0.2, 0.25) is 5.91 Å². The Morgan fingerprint density at radius 1 is 1.47 bits per heavy atom. The molecule has 0 bridgehead atoms. The summed E-state index contributed by atoms with van der Waals surface area (Å²) in [5.74, 6) is 1.71. The Hall–Kier alpha value is -0.130. The van der Waals surface area contributed by atoms with E-state index in [0.29, 0.717) is 18.1 Å². The maximum Gasteiger partial charge on any atom is 0.228 e. The third-order valence-electron chi connectivity index (χ3n) is 2.93. The van der Waals surface area contributed by atoms with Crippen molar-refractivity contribution in [1.29, 1.82) is 0 Å². The summed E-state index contributed by atoms with van der Waals surface area (Å²) in [5.41, 5.74) is 0. The highest BCUT2D eigenvalue weighted by molar-refractivity contribution is 7.85. The monoisotopic (exact) mass is 252 g/mol. The number of rotatable bonds is 1. The summed E-state index contributed by atoms with van der Waals surface area (Å²) in [5, 5.41) is 3.10. The molecule has 15 heavy (non-hydrogen) atoms. The molecule has 0 aromatic heterocycles. The standard InChI is InChI=1S/C9H16N2O2S.ClH/c1-7-6-14(13)3-2-11(7)9(12)8-4-10-5-8;/h7-8,10H,2-6H2,1H3;1H. The molecule has 1 amide bonds. The van der Waals surface area contributed by atoms with Crippen LogP contribution in [0.1, 0.15) is 6.92 Å². The first-order chi connectivity index (χ1) is 6.68. The summed E-state index contributed by atoms with van der Waals surface area (Å²) in [6.45, 7) is 4.28. The Morgan fingerprint density at radius 2 is 2.13 bits per heavy atom. The van der Waals surface area contributed by atoms with E-state index >= 15 is 0 Å². The van der Waals surface area contributed by atoms with Gasteiger partial charge in [-0.2, -0.15) is 0 Å². The zero-order valence-corrected chi connectivity index (χ0v) is 10.4. The Morgan fingerprint density at radius 3 is 2.60 bits per heavy atom. The van der Waals surface area contributed by atoms with Crippen molar-refractivity contribution < 1.29 is 9.00 Å². The van der Waals surface area contributed by atoms with Crippen molar-refractivity contribution in [3.8, 4) is 0 Å². The van der Waals surface area contributed by atoms with Gasteiger partial charge in [-0.1, -0.05) is 0 Å². The van der Waals surface area contributed by atoms with E-state index in [9.17, 15) is 9.00 Å². The van der Waals surface area contributed by atoms with Gasteiger partial charge < -0.3 is 10.2 Å². The maximum absolute atomic E-state index is 11.9. The molecule has 2 atom stereocenters. The van der Waals surface area contributed by atoms with Crippen molar-refractivity contribution in [2.45, 2.75) is 13.0 Å². The molecule has 2 unspecified atom stereocenters. The van der Waals surface area contributed by atoms with Gasteiger partial charge in [-0.3, -0.25) is 9.00 Å². The fraction of sp³-hybridized carbons (Fsp3) is 0.889. The zero-order valence-electron chi connectivity index (χ0n) is 8.77. The van der Waals surface area contributed by atoms with Crippen LogP contribution in [0.2, 0.25) is 0 Å². The molecule has 2 aliphatic rings. The quantitative estimate of drug-likeness (QED) is 0.692. The smallest absolute Gasteiger partial charge is 0.228 e. The van der Waals surface area contributed by atoms with Gasteiger partial charge in [0.25, 0.3) is 0 Å². The first-order valence-electron chi connectivity index (χ1n) is 5.04. The minimum atomic E-state index is -0.714. The van der Waals surface area contributed by atoms with Gasteiger partial charge in [0, 0.05) is 48.0 Å². The van der Waals surface area contributed by atoms with Crippen LogP contribution in [0, 0.1) is 5.92 Å². The topological polar surface area (TPSA) is 49.4 Å². The molecule has 88 valence electrons. The lowest BCUT2D eigenvalue weighted by molar-refractivity contribution is -0.138. The molecule has 0 aliphatic carbocycles. The molecule has 0 spiro atoms. The molecule has 0 radical (unpaired) electrons. The summed E-state index contributed by atoms with van der Waals surface area (Å²) in [6, 6.07) is 0.151. The van der Waals surface area contributed by atoms with Crippen molar-refractivity contribution in [3.63, 3.8) is 0 Å². The van der Waals surface area contributed by atoms with Gasteiger partial charge in [-0.15, -0.1) is 12.4 Å². The molecule has 2 heterocycles. The van der Waals surface area contributed by atoms with Crippen LogP contribution in [-0.4, -0.2) is 52.2 Å². The summed E-state index contributed by atoms with van der Waals surface area (Å²) in [6.07, 6.45) is 0. The molecular weight excluding hydrogens is 236 g/mol. The van der Waals surface area contributed by atoms with Crippen LogP contribution in [0.4, 0.5) is 0 Å². The summed E-state index contributed by atoms with van der Waals surface area (Å²) < 4.78 is 11.3. The Balaban J connectivity index is 0.00000112. The second-order valence-electron chi connectivity index (χ2n) is 4.05. The number of nitrogens with zero attached hydrogens (tertiary/aromatic N) is 1. The predicted octanol–water partition coefficient (Wildman–Crippen LogP) is -0.393. The molecule has 2 fully saturated rings. The SMILES string of the molecule is CC1CS(=O)CCN1C(=O)C1CNC1.Cl. The summed E-state index contributed by atoms with van der Waals surface area (Å²) in [7, 11) is -0.714. The second kappa shape index (κ2) is 5.27.